The Labute approximate surface area is 274 Å². The normalized spacial score (nSPS) is 12.7. The number of nitrogens with zero attached hydrogens (tertiary/aromatic N) is 4. The van der Waals surface area contributed by atoms with Gasteiger partial charge in [-0.2, -0.15) is 0 Å². The van der Waals surface area contributed by atoms with Crippen LogP contribution in [0, 0.1) is 0 Å². The highest BCUT2D eigenvalue weighted by Crippen LogP contribution is 2.23. The van der Waals surface area contributed by atoms with Gasteiger partial charge in [-0.25, -0.2) is 9.97 Å². The number of primary amides is 1. The molecule has 1 aromatic heterocycles. The maximum Gasteiger partial charge on any atom is 0.271 e. The van der Waals surface area contributed by atoms with Crippen molar-refractivity contribution in [2.75, 3.05) is 30.8 Å². The van der Waals surface area contributed by atoms with Crippen molar-refractivity contribution in [1.29, 1.82) is 0 Å². The van der Waals surface area contributed by atoms with Crippen LogP contribution in [0.15, 0.2) is 36.4 Å². The molecular weight excluding hydrogens is 561 g/mol. The topological polar surface area (TPSA) is 146 Å². The van der Waals surface area contributed by atoms with E-state index in [-0.39, 0.29) is 30.0 Å². The largest absolute Gasteiger partial charge is 0.366 e. The minimum Gasteiger partial charge on any atom is -0.366 e. The fourth-order valence-corrected chi connectivity index (χ4v) is 4.18. The van der Waals surface area contributed by atoms with Gasteiger partial charge in [0.15, 0.2) is 11.5 Å². The predicted octanol–water partition coefficient (Wildman–Crippen LogP) is -0.701. The lowest BCUT2D eigenvalue weighted by Crippen LogP contribution is -2.63. The molecule has 0 aliphatic heterocycles. The molecule has 11 nitrogen and oxygen atoms in total. The number of carbonyl (C=O) groups is 3. The van der Waals surface area contributed by atoms with Crippen LogP contribution in [0.5, 0.6) is 0 Å². The average Bonchev–Trinajstić information content (AvgIpc) is 2.92. The first-order chi connectivity index (χ1) is 20.8. The van der Waals surface area contributed by atoms with E-state index >= 15 is 0 Å². The Morgan fingerprint density at radius 1 is 1.02 bits per heavy atom. The number of carbonyl (C=O) groups excluding carboxylic acids is 3. The van der Waals surface area contributed by atoms with Gasteiger partial charge in [-0.15, -0.1) is 0 Å². The standard InChI is InChI=1S/C28H36B6N8O3/c1-6-20-24(37-16(2)3)40-25(22(39-20)23(35)44)38-19-10-7-9-18(15-19)12-13-36-26(45)17(4)41(5)21(43)11-8-14-42(27(29,30)31)28(32,33)34/h7-11,15-17H,6,12-14H2,1-5H3,(H2,35,44)(H,36,45)(H2,37,38,40)/b11-8+/t17-/m0/s1. The summed E-state index contributed by atoms with van der Waals surface area (Å²) in [6.07, 6.45) is 3.64. The van der Waals surface area contributed by atoms with Crippen LogP contribution in [0.2, 0.25) is 0 Å². The molecule has 0 bridgehead atoms. The highest BCUT2D eigenvalue weighted by molar-refractivity contribution is 6.63. The van der Waals surface area contributed by atoms with Crippen LogP contribution in [0.1, 0.15) is 49.4 Å². The third-order valence-electron chi connectivity index (χ3n) is 6.66. The van der Waals surface area contributed by atoms with Gasteiger partial charge in [-0.05, 0) is 51.3 Å². The highest BCUT2D eigenvalue weighted by Gasteiger charge is 2.28. The summed E-state index contributed by atoms with van der Waals surface area (Å²) in [5.74, 6) is -0.716. The van der Waals surface area contributed by atoms with E-state index in [4.69, 9.17) is 52.8 Å². The molecule has 0 aliphatic rings. The van der Waals surface area contributed by atoms with Crippen molar-refractivity contribution in [3.05, 3.63) is 53.4 Å². The minimum absolute atomic E-state index is 0.0381. The Balaban J connectivity index is 2.02. The molecule has 1 atom stereocenters. The summed E-state index contributed by atoms with van der Waals surface area (Å²) in [6, 6.07) is 6.74. The summed E-state index contributed by atoms with van der Waals surface area (Å²) in [6.45, 7) is 7.65. The highest BCUT2D eigenvalue weighted by atomic mass is 16.2. The number of nitrogens with one attached hydrogen (secondary N) is 3. The monoisotopic (exact) mass is 598 g/mol. The minimum atomic E-state index is -1.93. The van der Waals surface area contributed by atoms with E-state index in [1.807, 2.05) is 45.0 Å². The average molecular weight is 598 g/mol. The van der Waals surface area contributed by atoms with Crippen LogP contribution in [-0.2, 0) is 22.4 Å². The Hall–Kier alpha value is -3.60. The summed E-state index contributed by atoms with van der Waals surface area (Å²) in [4.78, 5) is 48.8. The second-order valence-corrected chi connectivity index (χ2v) is 11.0. The van der Waals surface area contributed by atoms with Gasteiger partial charge in [-0.3, -0.25) is 14.4 Å². The van der Waals surface area contributed by atoms with Crippen molar-refractivity contribution in [2.24, 2.45) is 5.73 Å². The van der Waals surface area contributed by atoms with E-state index in [0.717, 1.165) is 10.5 Å². The molecule has 0 unspecified atom stereocenters. The lowest BCUT2D eigenvalue weighted by molar-refractivity contribution is -0.135. The van der Waals surface area contributed by atoms with E-state index in [1.165, 1.54) is 24.1 Å². The molecule has 0 aliphatic carbocycles. The summed E-state index contributed by atoms with van der Waals surface area (Å²) < 4.78 is 0. The van der Waals surface area contributed by atoms with Gasteiger partial charge in [0.05, 0.1) is 52.8 Å². The second kappa shape index (κ2) is 16.1. The first-order valence-electron chi connectivity index (χ1n) is 14.4. The van der Waals surface area contributed by atoms with Crippen LogP contribution in [0.3, 0.4) is 0 Å². The van der Waals surface area contributed by atoms with E-state index < -0.39 is 28.3 Å². The summed E-state index contributed by atoms with van der Waals surface area (Å²) in [5, 5.41) is 5.36. The number of hydrogen-bond acceptors (Lipinski definition) is 8. The van der Waals surface area contributed by atoms with Crippen molar-refractivity contribution >= 4 is 82.1 Å². The van der Waals surface area contributed by atoms with E-state index in [0.29, 0.717) is 36.6 Å². The number of nitrogens with two attached hydrogens (primary N) is 1. The number of rotatable bonds is 16. The zero-order chi connectivity index (χ0) is 34.1. The number of aromatic nitrogens is 2. The Morgan fingerprint density at radius 3 is 2.22 bits per heavy atom. The number of benzene rings is 1. The third-order valence-corrected chi connectivity index (χ3v) is 6.66. The molecule has 0 spiro atoms. The molecule has 0 saturated heterocycles. The van der Waals surface area contributed by atoms with Gasteiger partial charge in [0.2, 0.25) is 11.8 Å². The van der Waals surface area contributed by atoms with Gasteiger partial charge in [0, 0.05) is 37.9 Å². The van der Waals surface area contributed by atoms with E-state index in [9.17, 15) is 14.4 Å². The fraction of sp³-hybridized carbons (Fsp3) is 0.464. The Morgan fingerprint density at radius 2 is 1.67 bits per heavy atom. The summed E-state index contributed by atoms with van der Waals surface area (Å²) in [5.41, 5.74) is 7.83. The van der Waals surface area contributed by atoms with Crippen molar-refractivity contribution in [3.8, 4) is 0 Å². The van der Waals surface area contributed by atoms with Crippen LogP contribution in [0.4, 0.5) is 17.3 Å². The summed E-state index contributed by atoms with van der Waals surface area (Å²) in [7, 11) is 35.3. The molecule has 1 heterocycles. The third kappa shape index (κ3) is 11.4. The molecular formula is C28H36B6N8O3. The maximum absolute atomic E-state index is 12.8. The molecule has 0 fully saturated rings. The van der Waals surface area contributed by atoms with Crippen molar-refractivity contribution in [3.63, 3.8) is 0 Å². The number of likely N-dealkylation sites (N-methyl/N-ethyl adjacent to an activating group) is 1. The molecule has 12 radical (unpaired) electrons. The lowest BCUT2D eigenvalue weighted by Gasteiger charge is -2.48. The first kappa shape index (κ1) is 37.6. The Kier molecular flexibility index (Phi) is 13.5. The molecule has 2 aromatic rings. The van der Waals surface area contributed by atoms with E-state index in [1.54, 1.807) is 6.92 Å². The van der Waals surface area contributed by atoms with Gasteiger partial charge in [0.1, 0.15) is 11.9 Å². The molecule has 3 amide bonds. The van der Waals surface area contributed by atoms with E-state index in [2.05, 4.69) is 25.9 Å². The zero-order valence-electron chi connectivity index (χ0n) is 26.5. The quantitative estimate of drug-likeness (QED) is 0.147. The van der Waals surface area contributed by atoms with Crippen molar-refractivity contribution < 1.29 is 14.4 Å². The van der Waals surface area contributed by atoms with Crippen molar-refractivity contribution in [1.82, 2.24) is 25.1 Å². The smallest absolute Gasteiger partial charge is 0.271 e. The Bertz CT molecular complexity index is 1370. The fourth-order valence-electron chi connectivity index (χ4n) is 4.18. The van der Waals surface area contributed by atoms with Crippen LogP contribution in [-0.4, -0.2) is 127 Å². The molecule has 0 saturated carbocycles. The SMILES string of the molecule is [B]C([B])([B])N(C/C=C/C(=O)N(C)[C@@H](C)C(=O)NCCc1cccc(Nc2nc(NC(C)C)c(CC)nc2C(N)=O)c1)C([B])([B])[B]. The zero-order valence-corrected chi connectivity index (χ0v) is 26.5. The number of anilines is 3. The number of aryl methyl sites for hydroxylation is 1. The molecule has 45 heavy (non-hydrogen) atoms. The predicted molar refractivity (Wildman–Crippen MR) is 183 cm³/mol. The first-order valence-corrected chi connectivity index (χ1v) is 14.4. The van der Waals surface area contributed by atoms with Gasteiger partial charge in [-0.1, -0.05) is 35.6 Å². The number of hydrogen-bond donors (Lipinski definition) is 4. The maximum atomic E-state index is 12.8. The molecule has 224 valence electrons. The molecule has 2 rings (SSSR count). The van der Waals surface area contributed by atoms with Crippen molar-refractivity contribution in [2.45, 2.75) is 63.1 Å². The molecule has 1 aromatic carbocycles. The van der Waals surface area contributed by atoms with Crippen LogP contribution in [0.25, 0.3) is 0 Å². The lowest BCUT2D eigenvalue weighted by atomic mass is 9.40. The number of amides is 3. The van der Waals surface area contributed by atoms with Gasteiger partial charge < -0.3 is 31.5 Å². The summed E-state index contributed by atoms with van der Waals surface area (Å²) >= 11 is 0. The van der Waals surface area contributed by atoms with Crippen LogP contribution < -0.4 is 21.7 Å². The second-order valence-electron chi connectivity index (χ2n) is 11.0. The van der Waals surface area contributed by atoms with Crippen LogP contribution >= 0.6 is 0 Å². The van der Waals surface area contributed by atoms with Gasteiger partial charge in [0.25, 0.3) is 5.91 Å². The molecule has 17 heteroatoms. The molecule has 5 N–H and O–H groups in total. The van der Waals surface area contributed by atoms with Gasteiger partial charge >= 0.3 is 0 Å².